The van der Waals surface area contributed by atoms with Crippen molar-refractivity contribution in [1.82, 2.24) is 5.32 Å². The maximum absolute atomic E-state index is 5.47. The van der Waals surface area contributed by atoms with Crippen LogP contribution in [0.15, 0.2) is 35.9 Å². The molecule has 1 aliphatic rings. The highest BCUT2D eigenvalue weighted by Crippen LogP contribution is 2.26. The standard InChI is InChI=1S/C17H25NO/c1-3-12-18-16(14-8-4-5-9-14)13-15-10-6-7-11-17(15)19-2/h6-8,10-11,16,18H,3-5,9,12-13H2,1-2H3. The van der Waals surface area contributed by atoms with E-state index < -0.39 is 0 Å². The molecule has 0 radical (unpaired) electrons. The Bertz CT molecular complexity index is 425. The fourth-order valence-corrected chi connectivity index (χ4v) is 2.76. The van der Waals surface area contributed by atoms with Gasteiger partial charge in [0.25, 0.3) is 0 Å². The fourth-order valence-electron chi connectivity index (χ4n) is 2.76. The highest BCUT2D eigenvalue weighted by molar-refractivity contribution is 5.35. The molecule has 0 aromatic heterocycles. The summed E-state index contributed by atoms with van der Waals surface area (Å²) in [6, 6.07) is 8.83. The van der Waals surface area contributed by atoms with Gasteiger partial charge in [-0.3, -0.25) is 0 Å². The molecule has 1 atom stereocenters. The first kappa shape index (κ1) is 14.1. The van der Waals surface area contributed by atoms with Gasteiger partial charge in [-0.15, -0.1) is 0 Å². The summed E-state index contributed by atoms with van der Waals surface area (Å²) in [5.41, 5.74) is 2.88. The van der Waals surface area contributed by atoms with E-state index in [1.165, 1.54) is 31.2 Å². The zero-order valence-electron chi connectivity index (χ0n) is 12.1. The number of hydrogen-bond donors (Lipinski definition) is 1. The van der Waals surface area contributed by atoms with E-state index in [1.54, 1.807) is 12.7 Å². The third-order valence-corrected chi connectivity index (χ3v) is 3.78. The van der Waals surface area contributed by atoms with Crippen molar-refractivity contribution in [3.8, 4) is 5.75 Å². The number of rotatable bonds is 7. The van der Waals surface area contributed by atoms with Crippen LogP contribution in [-0.2, 0) is 6.42 Å². The summed E-state index contributed by atoms with van der Waals surface area (Å²) in [6.07, 6.45) is 8.42. The van der Waals surface area contributed by atoms with Crippen molar-refractivity contribution in [2.24, 2.45) is 0 Å². The first-order valence-electron chi connectivity index (χ1n) is 7.39. The quantitative estimate of drug-likeness (QED) is 0.754. The summed E-state index contributed by atoms with van der Waals surface area (Å²) in [5, 5.41) is 3.69. The van der Waals surface area contributed by atoms with Gasteiger partial charge in [-0.25, -0.2) is 0 Å². The van der Waals surface area contributed by atoms with Gasteiger partial charge in [0.05, 0.1) is 7.11 Å². The summed E-state index contributed by atoms with van der Waals surface area (Å²) >= 11 is 0. The van der Waals surface area contributed by atoms with Gasteiger partial charge in [-0.05, 0) is 50.3 Å². The third-order valence-electron chi connectivity index (χ3n) is 3.78. The van der Waals surface area contributed by atoms with E-state index in [0.29, 0.717) is 6.04 Å². The van der Waals surface area contributed by atoms with Crippen molar-refractivity contribution < 1.29 is 4.74 Å². The molecular formula is C17H25NO. The molecule has 0 amide bonds. The van der Waals surface area contributed by atoms with Crippen LogP contribution in [0.25, 0.3) is 0 Å². The number of nitrogens with one attached hydrogen (secondary N) is 1. The molecule has 104 valence electrons. The molecule has 0 saturated carbocycles. The zero-order chi connectivity index (χ0) is 13.5. The average molecular weight is 259 g/mol. The lowest BCUT2D eigenvalue weighted by Gasteiger charge is -2.21. The van der Waals surface area contributed by atoms with Crippen LogP contribution in [0.3, 0.4) is 0 Å². The normalized spacial score (nSPS) is 16.2. The molecule has 0 heterocycles. The minimum Gasteiger partial charge on any atom is -0.496 e. The van der Waals surface area contributed by atoms with Crippen molar-refractivity contribution in [2.45, 2.75) is 45.1 Å². The van der Waals surface area contributed by atoms with Gasteiger partial charge in [0, 0.05) is 6.04 Å². The van der Waals surface area contributed by atoms with Crippen molar-refractivity contribution in [1.29, 1.82) is 0 Å². The number of methoxy groups -OCH3 is 1. The molecule has 2 rings (SSSR count). The van der Waals surface area contributed by atoms with E-state index in [-0.39, 0.29) is 0 Å². The monoisotopic (exact) mass is 259 g/mol. The van der Waals surface area contributed by atoms with E-state index in [1.807, 2.05) is 6.07 Å². The first-order chi connectivity index (χ1) is 9.35. The van der Waals surface area contributed by atoms with Crippen molar-refractivity contribution in [3.63, 3.8) is 0 Å². The largest absolute Gasteiger partial charge is 0.496 e. The lowest BCUT2D eigenvalue weighted by Crippen LogP contribution is -2.33. The first-order valence-corrected chi connectivity index (χ1v) is 7.39. The molecule has 2 nitrogen and oxygen atoms in total. The maximum atomic E-state index is 5.47. The summed E-state index contributed by atoms with van der Waals surface area (Å²) in [7, 11) is 1.75. The highest BCUT2D eigenvalue weighted by atomic mass is 16.5. The molecule has 0 aliphatic heterocycles. The van der Waals surface area contributed by atoms with E-state index >= 15 is 0 Å². The van der Waals surface area contributed by atoms with Crippen LogP contribution in [0.4, 0.5) is 0 Å². The molecule has 0 spiro atoms. The Hall–Kier alpha value is -1.28. The van der Waals surface area contributed by atoms with E-state index in [4.69, 9.17) is 4.74 Å². The molecule has 1 unspecified atom stereocenters. The molecule has 1 aromatic carbocycles. The van der Waals surface area contributed by atoms with Crippen LogP contribution < -0.4 is 10.1 Å². The Balaban J connectivity index is 2.10. The number of hydrogen-bond acceptors (Lipinski definition) is 2. The third kappa shape index (κ3) is 3.84. The molecule has 1 aliphatic carbocycles. The molecule has 19 heavy (non-hydrogen) atoms. The molecule has 1 aromatic rings. The summed E-state index contributed by atoms with van der Waals surface area (Å²) in [6.45, 7) is 3.30. The highest BCUT2D eigenvalue weighted by Gasteiger charge is 2.18. The number of ether oxygens (including phenoxy) is 1. The van der Waals surface area contributed by atoms with Crippen molar-refractivity contribution in [2.75, 3.05) is 13.7 Å². The van der Waals surface area contributed by atoms with E-state index in [2.05, 4.69) is 36.5 Å². The Kier molecular flexibility index (Phi) is 5.46. The SMILES string of the molecule is CCCNC(Cc1ccccc1OC)C1=CCCC1. The molecular weight excluding hydrogens is 234 g/mol. The zero-order valence-corrected chi connectivity index (χ0v) is 12.1. The van der Waals surface area contributed by atoms with Gasteiger partial charge in [-0.2, -0.15) is 0 Å². The lowest BCUT2D eigenvalue weighted by atomic mass is 9.97. The average Bonchev–Trinajstić information content (AvgIpc) is 2.98. The van der Waals surface area contributed by atoms with Gasteiger partial charge in [0.2, 0.25) is 0 Å². The molecule has 0 saturated heterocycles. The summed E-state index contributed by atoms with van der Waals surface area (Å²) in [4.78, 5) is 0. The van der Waals surface area contributed by atoms with Crippen LogP contribution in [0.1, 0.15) is 38.2 Å². The molecule has 0 fully saturated rings. The Labute approximate surface area is 116 Å². The minimum atomic E-state index is 0.471. The minimum absolute atomic E-state index is 0.471. The van der Waals surface area contributed by atoms with Gasteiger partial charge in [0.1, 0.15) is 5.75 Å². The van der Waals surface area contributed by atoms with Crippen molar-refractivity contribution in [3.05, 3.63) is 41.5 Å². The Morgan fingerprint density at radius 2 is 2.16 bits per heavy atom. The van der Waals surface area contributed by atoms with Gasteiger partial charge >= 0.3 is 0 Å². The van der Waals surface area contributed by atoms with Crippen LogP contribution in [-0.4, -0.2) is 19.7 Å². The predicted octanol–water partition coefficient (Wildman–Crippen LogP) is 3.72. The van der Waals surface area contributed by atoms with Crippen LogP contribution >= 0.6 is 0 Å². The Morgan fingerprint density at radius 1 is 1.32 bits per heavy atom. The summed E-state index contributed by atoms with van der Waals surface area (Å²) in [5.74, 6) is 1.00. The number of allylic oxidation sites excluding steroid dienone is 1. The lowest BCUT2D eigenvalue weighted by molar-refractivity contribution is 0.406. The summed E-state index contributed by atoms with van der Waals surface area (Å²) < 4.78 is 5.47. The topological polar surface area (TPSA) is 21.3 Å². The smallest absolute Gasteiger partial charge is 0.122 e. The van der Waals surface area contributed by atoms with E-state index in [9.17, 15) is 0 Å². The predicted molar refractivity (Wildman–Crippen MR) is 80.7 cm³/mol. The number of para-hydroxylation sites is 1. The second-order valence-electron chi connectivity index (χ2n) is 5.19. The van der Waals surface area contributed by atoms with Crippen LogP contribution in [0.2, 0.25) is 0 Å². The fraction of sp³-hybridized carbons (Fsp3) is 0.529. The second-order valence-corrected chi connectivity index (χ2v) is 5.19. The van der Waals surface area contributed by atoms with Crippen molar-refractivity contribution >= 4 is 0 Å². The van der Waals surface area contributed by atoms with Gasteiger partial charge in [0.15, 0.2) is 0 Å². The van der Waals surface area contributed by atoms with Crippen LogP contribution in [0.5, 0.6) is 5.75 Å². The van der Waals surface area contributed by atoms with Crippen LogP contribution in [0, 0.1) is 0 Å². The second kappa shape index (κ2) is 7.34. The van der Waals surface area contributed by atoms with Gasteiger partial charge < -0.3 is 10.1 Å². The Morgan fingerprint density at radius 3 is 2.84 bits per heavy atom. The van der Waals surface area contributed by atoms with E-state index in [0.717, 1.165) is 18.7 Å². The maximum Gasteiger partial charge on any atom is 0.122 e. The molecule has 0 bridgehead atoms. The number of benzene rings is 1. The van der Waals surface area contributed by atoms with Gasteiger partial charge in [-0.1, -0.05) is 36.8 Å². The molecule has 2 heteroatoms. The molecule has 1 N–H and O–H groups in total.